The average Bonchev–Trinajstić information content (AvgIpc) is 3.45. The van der Waals surface area contributed by atoms with Crippen LogP contribution in [0.15, 0.2) is 42.5 Å². The zero-order valence-electron chi connectivity index (χ0n) is 15.8. The lowest BCUT2D eigenvalue weighted by atomic mass is 9.98. The highest BCUT2D eigenvalue weighted by atomic mass is 19.4. The summed E-state index contributed by atoms with van der Waals surface area (Å²) in [6.45, 7) is 4.46. The van der Waals surface area contributed by atoms with Gasteiger partial charge in [-0.1, -0.05) is 6.07 Å². The smallest absolute Gasteiger partial charge is 0.298 e. The molecule has 1 aliphatic carbocycles. The lowest BCUT2D eigenvalue weighted by molar-refractivity contribution is -0.137. The van der Waals surface area contributed by atoms with Crippen molar-refractivity contribution in [2.75, 3.05) is 18.0 Å². The monoisotopic (exact) mass is 388 g/mol. The fraction of sp³-hybridized carbons (Fsp3) is 0.409. The Hall–Kier alpha value is -2.34. The van der Waals surface area contributed by atoms with E-state index in [1.54, 1.807) is 0 Å². The summed E-state index contributed by atoms with van der Waals surface area (Å²) in [6.07, 6.45) is -0.774. The Morgan fingerprint density at radius 2 is 1.75 bits per heavy atom. The maximum Gasteiger partial charge on any atom is 0.416 e. The molecule has 0 atom stereocenters. The predicted octanol–water partition coefficient (Wildman–Crippen LogP) is 5.16. The molecule has 2 aliphatic rings. The first-order valence-corrected chi connectivity index (χ1v) is 9.63. The molecule has 3 nitrogen and oxygen atoms in total. The summed E-state index contributed by atoms with van der Waals surface area (Å²) < 4.78 is 38.5. The van der Waals surface area contributed by atoms with Crippen LogP contribution in [0, 0.1) is 5.92 Å². The van der Waals surface area contributed by atoms with Crippen LogP contribution in [0.5, 0.6) is 0 Å². The second-order valence-electron chi connectivity index (χ2n) is 7.78. The molecule has 0 radical (unpaired) electrons. The van der Waals surface area contributed by atoms with Crippen LogP contribution >= 0.6 is 0 Å². The van der Waals surface area contributed by atoms with Crippen LogP contribution in [0.3, 0.4) is 0 Å². The second-order valence-corrected chi connectivity index (χ2v) is 7.78. The Labute approximate surface area is 162 Å². The van der Waals surface area contributed by atoms with Crippen molar-refractivity contribution in [2.45, 2.75) is 38.9 Å². The van der Waals surface area contributed by atoms with Gasteiger partial charge in [-0.15, -0.1) is 0 Å². The normalized spacial score (nSPS) is 17.3. The van der Waals surface area contributed by atoms with E-state index in [2.05, 4.69) is 4.90 Å². The van der Waals surface area contributed by atoms with E-state index in [9.17, 15) is 18.0 Å². The van der Waals surface area contributed by atoms with Gasteiger partial charge in [-0.05, 0) is 72.7 Å². The van der Waals surface area contributed by atoms with Gasteiger partial charge in [0.15, 0.2) is 0 Å². The molecule has 4 rings (SSSR count). The number of hydrogen-bond donors (Lipinski definition) is 0. The van der Waals surface area contributed by atoms with Crippen molar-refractivity contribution in [2.24, 2.45) is 5.92 Å². The maximum atomic E-state index is 12.8. The van der Waals surface area contributed by atoms with E-state index in [4.69, 9.17) is 0 Å². The number of nitrogens with zero attached hydrogens (tertiary/aromatic N) is 2. The van der Waals surface area contributed by atoms with E-state index in [1.165, 1.54) is 47.9 Å². The highest BCUT2D eigenvalue weighted by Gasteiger charge is 2.31. The number of hydrogen-bond acceptors (Lipinski definition) is 2. The first-order chi connectivity index (χ1) is 13.3. The minimum absolute atomic E-state index is 0.231. The van der Waals surface area contributed by atoms with Crippen molar-refractivity contribution in [1.29, 1.82) is 0 Å². The fourth-order valence-electron chi connectivity index (χ4n) is 3.87. The number of halogens is 3. The summed E-state index contributed by atoms with van der Waals surface area (Å²) in [6, 6.07) is 10.7. The van der Waals surface area contributed by atoms with Gasteiger partial charge in [-0.3, -0.25) is 14.6 Å². The van der Waals surface area contributed by atoms with Crippen molar-refractivity contribution in [3.05, 3.63) is 59.2 Å². The van der Waals surface area contributed by atoms with Crippen LogP contribution in [0.1, 0.15) is 36.5 Å². The minimum atomic E-state index is -4.39. The third-order valence-electron chi connectivity index (χ3n) is 5.52. The van der Waals surface area contributed by atoms with Crippen molar-refractivity contribution in [3.63, 3.8) is 0 Å². The van der Waals surface area contributed by atoms with Crippen molar-refractivity contribution in [3.8, 4) is 0 Å². The molecule has 28 heavy (non-hydrogen) atoms. The maximum absolute atomic E-state index is 12.8. The first kappa shape index (κ1) is 19.0. The van der Waals surface area contributed by atoms with Gasteiger partial charge >= 0.3 is 6.18 Å². The van der Waals surface area contributed by atoms with E-state index in [1.807, 2.05) is 18.2 Å². The Morgan fingerprint density at radius 3 is 2.36 bits per heavy atom. The highest BCUT2D eigenvalue weighted by Crippen LogP contribution is 2.35. The molecule has 0 saturated heterocycles. The van der Waals surface area contributed by atoms with Gasteiger partial charge in [0.05, 0.1) is 5.56 Å². The van der Waals surface area contributed by atoms with Crippen molar-refractivity contribution >= 4 is 17.3 Å². The fourth-order valence-corrected chi connectivity index (χ4v) is 3.87. The number of rotatable bonds is 4. The van der Waals surface area contributed by atoms with E-state index < -0.39 is 11.7 Å². The molecule has 1 fully saturated rings. The van der Waals surface area contributed by atoms with E-state index in [0.717, 1.165) is 44.1 Å². The first-order valence-electron chi connectivity index (χ1n) is 9.63. The third-order valence-corrected chi connectivity index (χ3v) is 5.52. The van der Waals surface area contributed by atoms with E-state index >= 15 is 0 Å². The summed E-state index contributed by atoms with van der Waals surface area (Å²) in [5.41, 5.74) is 2.89. The Bertz CT molecular complexity index is 872. The summed E-state index contributed by atoms with van der Waals surface area (Å²) in [5, 5.41) is 0. The van der Waals surface area contributed by atoms with Crippen LogP contribution in [-0.4, -0.2) is 23.9 Å². The largest absolute Gasteiger partial charge is 0.416 e. The molecule has 0 spiro atoms. The topological polar surface area (TPSA) is 23.6 Å². The van der Waals surface area contributed by atoms with Gasteiger partial charge in [-0.25, -0.2) is 0 Å². The molecule has 0 bridgehead atoms. The van der Waals surface area contributed by atoms with Gasteiger partial charge in [0.2, 0.25) is 5.91 Å². The zero-order chi connectivity index (χ0) is 19.9. The van der Waals surface area contributed by atoms with Crippen LogP contribution in [0.2, 0.25) is 0 Å². The predicted molar refractivity (Wildman–Crippen MR) is 102 cm³/mol. The lowest BCUT2D eigenvalue weighted by Gasteiger charge is -2.30. The molecule has 0 unspecified atom stereocenters. The molecule has 0 N–H and O–H groups in total. The number of carbonyl (C=O) groups excluding carboxylic acids is 1. The summed E-state index contributed by atoms with van der Waals surface area (Å²) >= 11 is 0. The van der Waals surface area contributed by atoms with Crippen LogP contribution < -0.4 is 4.90 Å². The van der Waals surface area contributed by atoms with Gasteiger partial charge in [0, 0.05) is 37.9 Å². The van der Waals surface area contributed by atoms with Crippen LogP contribution in [-0.2, 0) is 23.9 Å². The standard InChI is InChI=1S/C22H23F3N2O/c1-15(28)27(20-8-5-19(6-9-20)22(23,24)25)21-7-4-17-10-11-26(13-16-2-3-16)14-18(17)12-21/h4-9,12,16H,2-3,10-11,13-14H2,1H3. The molecule has 2 aromatic rings. The molecular formula is C22H23F3N2O. The summed E-state index contributed by atoms with van der Waals surface area (Å²) in [4.78, 5) is 16.2. The average molecular weight is 388 g/mol. The highest BCUT2D eigenvalue weighted by molar-refractivity contribution is 5.99. The van der Waals surface area contributed by atoms with Crippen LogP contribution in [0.25, 0.3) is 0 Å². The molecule has 1 amide bonds. The van der Waals surface area contributed by atoms with Crippen molar-refractivity contribution in [1.82, 2.24) is 4.90 Å². The molecular weight excluding hydrogens is 365 g/mol. The Morgan fingerprint density at radius 1 is 1.07 bits per heavy atom. The third kappa shape index (κ3) is 4.07. The molecule has 2 aromatic carbocycles. The number of benzene rings is 2. The number of alkyl halides is 3. The summed E-state index contributed by atoms with van der Waals surface area (Å²) in [7, 11) is 0. The molecule has 6 heteroatoms. The SMILES string of the molecule is CC(=O)N(c1ccc(C(F)(F)F)cc1)c1ccc2c(c1)CN(CC1CC1)CC2. The number of carbonyl (C=O) groups is 1. The molecule has 1 aliphatic heterocycles. The molecule has 0 aromatic heterocycles. The minimum Gasteiger partial charge on any atom is -0.298 e. The van der Waals surface area contributed by atoms with E-state index in [0.29, 0.717) is 11.4 Å². The summed E-state index contributed by atoms with van der Waals surface area (Å²) in [5.74, 6) is 0.593. The molecule has 1 heterocycles. The number of anilines is 2. The zero-order valence-corrected chi connectivity index (χ0v) is 15.8. The van der Waals surface area contributed by atoms with Crippen LogP contribution in [0.4, 0.5) is 24.5 Å². The molecule has 148 valence electrons. The van der Waals surface area contributed by atoms with Gasteiger partial charge in [0.1, 0.15) is 0 Å². The Balaban J connectivity index is 1.61. The van der Waals surface area contributed by atoms with Gasteiger partial charge in [0.25, 0.3) is 0 Å². The van der Waals surface area contributed by atoms with E-state index in [-0.39, 0.29) is 5.91 Å². The van der Waals surface area contributed by atoms with Gasteiger partial charge < -0.3 is 0 Å². The molecule has 1 saturated carbocycles. The number of amides is 1. The second kappa shape index (κ2) is 7.24. The Kier molecular flexibility index (Phi) is 4.91. The lowest BCUT2D eigenvalue weighted by Crippen LogP contribution is -2.32. The quantitative estimate of drug-likeness (QED) is 0.722. The van der Waals surface area contributed by atoms with Gasteiger partial charge in [-0.2, -0.15) is 13.2 Å². The van der Waals surface area contributed by atoms with Crippen molar-refractivity contribution < 1.29 is 18.0 Å². The number of fused-ring (bicyclic) bond motifs is 1.